The molecule has 9 heteroatoms. The second-order valence-corrected chi connectivity index (χ2v) is 9.29. The molecule has 1 aliphatic rings. The van der Waals surface area contributed by atoms with E-state index in [0.717, 1.165) is 22.3 Å². The Morgan fingerprint density at radius 1 is 1.11 bits per heavy atom. The molecular weight excluding hydrogens is 476 g/mol. The molecule has 5 rings (SSSR count). The van der Waals surface area contributed by atoms with E-state index in [1.54, 1.807) is 6.92 Å². The third kappa shape index (κ3) is 4.40. The summed E-state index contributed by atoms with van der Waals surface area (Å²) < 4.78 is 6.73. The first-order chi connectivity index (χ1) is 17.5. The lowest BCUT2D eigenvalue weighted by Crippen LogP contribution is -2.47. The Bertz CT molecular complexity index is 1540. The summed E-state index contributed by atoms with van der Waals surface area (Å²) in [5.41, 5.74) is 3.87. The minimum Gasteiger partial charge on any atom is -0.463 e. The standard InChI is InChI=1S/C27H24N4O4S/c1-3-35-26(33)22-20(29-27(34)30-23(22)18-7-5-4-6-8-18)13-31-15-28-24-21(25(31)32)19(14-36-24)17-11-9-16(2)10-12-17/h4-12,14-15,23H,3,13H2,1-2H3,(H2,29,30,34)/t23-/m0/s1. The van der Waals surface area contributed by atoms with Crippen LogP contribution in [0.4, 0.5) is 4.79 Å². The fourth-order valence-corrected chi connectivity index (χ4v) is 5.19. The van der Waals surface area contributed by atoms with Crippen LogP contribution in [0.5, 0.6) is 0 Å². The van der Waals surface area contributed by atoms with Crippen molar-refractivity contribution in [1.29, 1.82) is 0 Å². The molecule has 1 atom stereocenters. The van der Waals surface area contributed by atoms with Crippen LogP contribution in [0.3, 0.4) is 0 Å². The third-order valence-electron chi connectivity index (χ3n) is 6.03. The molecule has 0 saturated heterocycles. The summed E-state index contributed by atoms with van der Waals surface area (Å²) >= 11 is 1.40. The maximum atomic E-state index is 13.6. The number of aromatic nitrogens is 2. The van der Waals surface area contributed by atoms with Crippen LogP contribution in [0, 0.1) is 6.92 Å². The summed E-state index contributed by atoms with van der Waals surface area (Å²) in [4.78, 5) is 44.4. The topological polar surface area (TPSA) is 102 Å². The van der Waals surface area contributed by atoms with E-state index >= 15 is 0 Å². The van der Waals surface area contributed by atoms with Gasteiger partial charge in [0.15, 0.2) is 0 Å². The first-order valence-corrected chi connectivity index (χ1v) is 12.4. The normalized spacial score (nSPS) is 15.5. The number of rotatable bonds is 6. The zero-order valence-electron chi connectivity index (χ0n) is 19.8. The second kappa shape index (κ2) is 9.79. The van der Waals surface area contributed by atoms with Crippen molar-refractivity contribution in [3.05, 3.63) is 99.1 Å². The Kier molecular flexibility index (Phi) is 6.39. The summed E-state index contributed by atoms with van der Waals surface area (Å²) in [6.07, 6.45) is 1.45. The van der Waals surface area contributed by atoms with Gasteiger partial charge in [-0.05, 0) is 25.0 Å². The predicted octanol–water partition coefficient (Wildman–Crippen LogP) is 4.30. The molecule has 3 heterocycles. The van der Waals surface area contributed by atoms with Crippen molar-refractivity contribution in [1.82, 2.24) is 20.2 Å². The molecular formula is C27H24N4O4S. The van der Waals surface area contributed by atoms with Crippen molar-refractivity contribution in [3.63, 3.8) is 0 Å². The van der Waals surface area contributed by atoms with Gasteiger partial charge in [-0.15, -0.1) is 11.3 Å². The summed E-state index contributed by atoms with van der Waals surface area (Å²) in [5, 5.41) is 7.95. The number of hydrogen-bond donors (Lipinski definition) is 2. The maximum Gasteiger partial charge on any atom is 0.338 e. The average molecular weight is 501 g/mol. The molecule has 4 aromatic rings. The quantitative estimate of drug-likeness (QED) is 0.384. The number of thiophene rings is 1. The van der Waals surface area contributed by atoms with E-state index in [9.17, 15) is 14.4 Å². The number of carbonyl (C=O) groups is 2. The molecule has 0 bridgehead atoms. The van der Waals surface area contributed by atoms with Crippen LogP contribution in [-0.4, -0.2) is 28.2 Å². The SMILES string of the molecule is CCOC(=O)C1=C(Cn2cnc3scc(-c4ccc(C)cc4)c3c2=O)NC(=O)N[C@H]1c1ccccc1. The van der Waals surface area contributed by atoms with Gasteiger partial charge in [-0.1, -0.05) is 60.2 Å². The van der Waals surface area contributed by atoms with E-state index in [-0.39, 0.29) is 24.3 Å². The number of fused-ring (bicyclic) bond motifs is 1. The Morgan fingerprint density at radius 3 is 2.58 bits per heavy atom. The number of esters is 1. The van der Waals surface area contributed by atoms with E-state index in [2.05, 4.69) is 15.6 Å². The number of urea groups is 1. The molecule has 0 saturated carbocycles. The summed E-state index contributed by atoms with van der Waals surface area (Å²) in [6.45, 7) is 3.86. The molecule has 0 unspecified atom stereocenters. The number of nitrogens with zero attached hydrogens (tertiary/aromatic N) is 2. The molecule has 0 radical (unpaired) electrons. The maximum absolute atomic E-state index is 13.6. The zero-order valence-corrected chi connectivity index (χ0v) is 20.6. The number of allylic oxidation sites excluding steroid dienone is 1. The average Bonchev–Trinajstić information content (AvgIpc) is 3.31. The molecule has 0 spiro atoms. The van der Waals surface area contributed by atoms with Crippen LogP contribution in [0.2, 0.25) is 0 Å². The number of carbonyl (C=O) groups excluding carboxylic acids is 2. The Morgan fingerprint density at radius 2 is 1.86 bits per heavy atom. The molecule has 1 aliphatic heterocycles. The molecule has 2 aromatic carbocycles. The van der Waals surface area contributed by atoms with E-state index in [1.165, 1.54) is 22.2 Å². The van der Waals surface area contributed by atoms with Crippen LogP contribution in [0.15, 0.2) is 82.4 Å². The Labute approximate surface area is 211 Å². The van der Waals surface area contributed by atoms with Gasteiger partial charge in [0, 0.05) is 10.9 Å². The van der Waals surface area contributed by atoms with Crippen LogP contribution >= 0.6 is 11.3 Å². The highest BCUT2D eigenvalue weighted by Crippen LogP contribution is 2.31. The molecule has 8 nitrogen and oxygen atoms in total. The number of ether oxygens (including phenoxy) is 1. The lowest BCUT2D eigenvalue weighted by molar-refractivity contribution is -0.139. The lowest BCUT2D eigenvalue weighted by atomic mass is 9.95. The van der Waals surface area contributed by atoms with Crippen LogP contribution in [0.25, 0.3) is 21.3 Å². The molecule has 0 aliphatic carbocycles. The molecule has 2 N–H and O–H groups in total. The van der Waals surface area contributed by atoms with Crippen LogP contribution < -0.4 is 16.2 Å². The first kappa shape index (κ1) is 23.5. The van der Waals surface area contributed by atoms with Gasteiger partial charge in [-0.2, -0.15) is 0 Å². The number of benzene rings is 2. The van der Waals surface area contributed by atoms with Crippen molar-refractivity contribution in [2.24, 2.45) is 0 Å². The third-order valence-corrected chi connectivity index (χ3v) is 6.92. The van der Waals surface area contributed by atoms with Gasteiger partial charge in [0.25, 0.3) is 5.56 Å². The molecule has 2 aromatic heterocycles. The highest BCUT2D eigenvalue weighted by molar-refractivity contribution is 7.17. The monoisotopic (exact) mass is 500 g/mol. The predicted molar refractivity (Wildman–Crippen MR) is 139 cm³/mol. The zero-order chi connectivity index (χ0) is 25.2. The highest BCUT2D eigenvalue weighted by atomic mass is 32.1. The Hall–Kier alpha value is -4.24. The summed E-state index contributed by atoms with van der Waals surface area (Å²) in [6, 6.07) is 15.9. The number of hydrogen-bond acceptors (Lipinski definition) is 6. The van der Waals surface area contributed by atoms with Crippen LogP contribution in [-0.2, 0) is 16.1 Å². The summed E-state index contributed by atoms with van der Waals surface area (Å²) in [5.74, 6) is -0.563. The first-order valence-electron chi connectivity index (χ1n) is 11.5. The lowest BCUT2D eigenvalue weighted by Gasteiger charge is -2.29. The van der Waals surface area contributed by atoms with Gasteiger partial charge in [-0.25, -0.2) is 14.6 Å². The molecule has 0 fully saturated rings. The number of nitrogens with one attached hydrogen (secondary N) is 2. The van der Waals surface area contributed by atoms with Crippen molar-refractivity contribution in [2.45, 2.75) is 26.4 Å². The second-order valence-electron chi connectivity index (χ2n) is 8.43. The smallest absolute Gasteiger partial charge is 0.338 e. The minimum absolute atomic E-state index is 0.0458. The molecule has 182 valence electrons. The van der Waals surface area contributed by atoms with E-state index < -0.39 is 18.0 Å². The summed E-state index contributed by atoms with van der Waals surface area (Å²) in [7, 11) is 0. The van der Waals surface area contributed by atoms with Crippen molar-refractivity contribution in [3.8, 4) is 11.1 Å². The minimum atomic E-state index is -0.717. The van der Waals surface area contributed by atoms with Gasteiger partial charge in [0.2, 0.25) is 0 Å². The van der Waals surface area contributed by atoms with Gasteiger partial charge in [-0.3, -0.25) is 9.36 Å². The number of aryl methyl sites for hydroxylation is 1. The fourth-order valence-electron chi connectivity index (χ4n) is 4.28. The van der Waals surface area contributed by atoms with E-state index in [0.29, 0.717) is 15.9 Å². The van der Waals surface area contributed by atoms with Gasteiger partial charge in [0.05, 0.1) is 42.2 Å². The van der Waals surface area contributed by atoms with Gasteiger partial charge >= 0.3 is 12.0 Å². The van der Waals surface area contributed by atoms with Crippen LogP contribution in [0.1, 0.15) is 24.1 Å². The van der Waals surface area contributed by atoms with Crippen molar-refractivity contribution >= 4 is 33.6 Å². The van der Waals surface area contributed by atoms with Gasteiger partial charge in [0.1, 0.15) is 4.83 Å². The Balaban J connectivity index is 1.62. The fraction of sp³-hybridized carbons (Fsp3) is 0.185. The van der Waals surface area contributed by atoms with Crippen molar-refractivity contribution in [2.75, 3.05) is 6.61 Å². The number of amides is 2. The highest BCUT2D eigenvalue weighted by Gasteiger charge is 2.34. The molecule has 36 heavy (non-hydrogen) atoms. The van der Waals surface area contributed by atoms with E-state index in [1.807, 2.05) is 66.9 Å². The molecule has 2 amide bonds. The van der Waals surface area contributed by atoms with E-state index in [4.69, 9.17) is 4.74 Å². The van der Waals surface area contributed by atoms with Gasteiger partial charge < -0.3 is 15.4 Å². The van der Waals surface area contributed by atoms with Crippen molar-refractivity contribution < 1.29 is 14.3 Å². The largest absolute Gasteiger partial charge is 0.463 e.